The van der Waals surface area contributed by atoms with Crippen LogP contribution in [0.2, 0.25) is 0 Å². The van der Waals surface area contributed by atoms with Gasteiger partial charge in [-0.3, -0.25) is 0 Å². The molecule has 0 aromatic heterocycles. The third kappa shape index (κ3) is 3.88. The zero-order chi connectivity index (χ0) is 26.3. The van der Waals surface area contributed by atoms with E-state index in [9.17, 15) is 25.2 Å². The standard InChI is InChI=1S/C29H44O8/c1-15-26(33)21(30)12-24(36-15)37-18-6-8-27(2)17(11-18)4-5-20-19(27)7-9-28(3)25(16-10-23(32)35-14-16)22(31)13-29(20,28)34/h10,15,17-22,24-26,30-31,33-34H,4-9,11-14H2,1-3H3/t15-,17-,18+,19+,20-,21+,22+,24+,25+,26-,27+,28-,29+/m1/s1. The van der Waals surface area contributed by atoms with Gasteiger partial charge in [-0.15, -0.1) is 0 Å². The molecule has 1 saturated heterocycles. The van der Waals surface area contributed by atoms with Gasteiger partial charge in [0.05, 0.1) is 30.0 Å². The first-order valence-electron chi connectivity index (χ1n) is 14.4. The summed E-state index contributed by atoms with van der Waals surface area (Å²) in [5.41, 5.74) is -0.497. The molecule has 0 amide bonds. The second-order valence-corrected chi connectivity index (χ2v) is 13.5. The first-order valence-corrected chi connectivity index (χ1v) is 14.4. The molecule has 4 saturated carbocycles. The van der Waals surface area contributed by atoms with E-state index in [4.69, 9.17) is 14.2 Å². The molecule has 0 radical (unpaired) electrons. The molecular weight excluding hydrogens is 476 g/mol. The molecule has 2 heterocycles. The number of fused-ring (bicyclic) bond motifs is 5. The number of ether oxygens (including phenoxy) is 3. The Morgan fingerprint density at radius 2 is 1.78 bits per heavy atom. The summed E-state index contributed by atoms with van der Waals surface area (Å²) in [7, 11) is 0. The number of aliphatic hydroxyl groups excluding tert-OH is 3. The molecule has 0 bridgehead atoms. The van der Waals surface area contributed by atoms with Crippen LogP contribution in [0.5, 0.6) is 0 Å². The van der Waals surface area contributed by atoms with Crippen LogP contribution >= 0.6 is 0 Å². The first-order chi connectivity index (χ1) is 17.5. The Labute approximate surface area is 219 Å². The molecule has 6 aliphatic rings. The van der Waals surface area contributed by atoms with Crippen molar-refractivity contribution in [2.75, 3.05) is 6.61 Å². The van der Waals surface area contributed by atoms with Crippen molar-refractivity contribution in [1.29, 1.82) is 0 Å². The van der Waals surface area contributed by atoms with E-state index in [1.54, 1.807) is 6.92 Å². The van der Waals surface area contributed by atoms with Crippen LogP contribution in [0.1, 0.15) is 78.6 Å². The first kappa shape index (κ1) is 26.2. The van der Waals surface area contributed by atoms with Crippen LogP contribution in [-0.2, 0) is 19.0 Å². The van der Waals surface area contributed by atoms with Crippen molar-refractivity contribution in [3.05, 3.63) is 11.6 Å². The minimum Gasteiger partial charge on any atom is -0.458 e. The molecule has 37 heavy (non-hydrogen) atoms. The SMILES string of the molecule is C[C@H]1O[C@@H](O[C@H]2CC[C@@]3(C)[C@H](CC[C@@H]4[C@@H]3CC[C@]3(C)[C@@H](C5=CC(=O)OC5)[C@@H](O)C[C@]43O)C2)C[C@H](O)[C@@H]1O. The molecule has 0 spiro atoms. The fraction of sp³-hybridized carbons (Fsp3) is 0.897. The highest BCUT2D eigenvalue weighted by Gasteiger charge is 2.70. The molecule has 2 aliphatic heterocycles. The van der Waals surface area contributed by atoms with Gasteiger partial charge in [0.2, 0.25) is 0 Å². The quantitative estimate of drug-likeness (QED) is 0.330. The van der Waals surface area contributed by atoms with E-state index in [-0.39, 0.29) is 42.4 Å². The lowest BCUT2D eigenvalue weighted by Gasteiger charge is -2.63. The van der Waals surface area contributed by atoms with Crippen LogP contribution in [0.25, 0.3) is 0 Å². The molecule has 8 nitrogen and oxygen atoms in total. The predicted molar refractivity (Wildman–Crippen MR) is 133 cm³/mol. The summed E-state index contributed by atoms with van der Waals surface area (Å²) in [6.07, 6.45) is 5.59. The van der Waals surface area contributed by atoms with Gasteiger partial charge < -0.3 is 34.6 Å². The second-order valence-electron chi connectivity index (χ2n) is 13.5. The zero-order valence-corrected chi connectivity index (χ0v) is 22.3. The summed E-state index contributed by atoms with van der Waals surface area (Å²) in [4.78, 5) is 11.8. The van der Waals surface area contributed by atoms with Crippen LogP contribution in [0.3, 0.4) is 0 Å². The molecule has 0 aromatic carbocycles. The summed E-state index contributed by atoms with van der Waals surface area (Å²) < 4.78 is 17.4. The van der Waals surface area contributed by atoms with Crippen LogP contribution in [0.4, 0.5) is 0 Å². The van der Waals surface area contributed by atoms with Crippen LogP contribution < -0.4 is 0 Å². The molecule has 4 N–H and O–H groups in total. The van der Waals surface area contributed by atoms with E-state index in [0.29, 0.717) is 18.3 Å². The smallest absolute Gasteiger partial charge is 0.331 e. The number of rotatable bonds is 3. The highest BCUT2D eigenvalue weighted by molar-refractivity contribution is 5.85. The van der Waals surface area contributed by atoms with Crippen LogP contribution in [-0.4, -0.2) is 75.4 Å². The van der Waals surface area contributed by atoms with Crippen molar-refractivity contribution < 1.29 is 39.4 Å². The van der Waals surface area contributed by atoms with E-state index in [1.807, 2.05) is 0 Å². The normalized spacial score (nSPS) is 55.6. The molecule has 13 atom stereocenters. The summed E-state index contributed by atoms with van der Waals surface area (Å²) in [5, 5.41) is 43.7. The zero-order valence-electron chi connectivity index (χ0n) is 22.3. The molecule has 208 valence electrons. The van der Waals surface area contributed by atoms with Gasteiger partial charge in [0.1, 0.15) is 12.7 Å². The largest absolute Gasteiger partial charge is 0.458 e. The lowest BCUT2D eigenvalue weighted by Crippen LogP contribution is -2.62. The molecule has 0 aromatic rings. The monoisotopic (exact) mass is 520 g/mol. The number of cyclic esters (lactones) is 1. The van der Waals surface area contributed by atoms with Crippen molar-refractivity contribution in [2.45, 2.75) is 121 Å². The summed E-state index contributed by atoms with van der Waals surface area (Å²) in [6, 6.07) is 0. The van der Waals surface area contributed by atoms with Crippen molar-refractivity contribution in [1.82, 2.24) is 0 Å². The van der Waals surface area contributed by atoms with E-state index in [2.05, 4.69) is 13.8 Å². The van der Waals surface area contributed by atoms with Gasteiger partial charge in [-0.05, 0) is 80.6 Å². The highest BCUT2D eigenvalue weighted by Crippen LogP contribution is 2.70. The van der Waals surface area contributed by atoms with Gasteiger partial charge in [0.15, 0.2) is 6.29 Å². The van der Waals surface area contributed by atoms with Crippen LogP contribution in [0, 0.1) is 34.5 Å². The molecule has 0 unspecified atom stereocenters. The van der Waals surface area contributed by atoms with E-state index in [0.717, 1.165) is 50.5 Å². The maximum atomic E-state index is 12.4. The summed E-state index contributed by atoms with van der Waals surface area (Å²) in [6.45, 7) is 6.53. The minimum absolute atomic E-state index is 0.0655. The Morgan fingerprint density at radius 3 is 2.49 bits per heavy atom. The maximum absolute atomic E-state index is 12.4. The van der Waals surface area contributed by atoms with Crippen molar-refractivity contribution in [3.8, 4) is 0 Å². The third-order valence-corrected chi connectivity index (χ3v) is 11.9. The van der Waals surface area contributed by atoms with Crippen molar-refractivity contribution in [2.24, 2.45) is 34.5 Å². The lowest BCUT2D eigenvalue weighted by atomic mass is 9.43. The Bertz CT molecular complexity index is 940. The maximum Gasteiger partial charge on any atom is 0.331 e. The average Bonchev–Trinajstić information content (AvgIpc) is 3.34. The molecule has 6 rings (SSSR count). The lowest BCUT2D eigenvalue weighted by molar-refractivity contribution is -0.270. The second kappa shape index (κ2) is 9.00. The van der Waals surface area contributed by atoms with Gasteiger partial charge in [0, 0.05) is 30.3 Å². The number of carbonyl (C=O) groups is 1. The Kier molecular flexibility index (Phi) is 6.37. The number of carbonyl (C=O) groups excluding carboxylic acids is 1. The van der Waals surface area contributed by atoms with Crippen molar-refractivity contribution in [3.63, 3.8) is 0 Å². The van der Waals surface area contributed by atoms with Gasteiger partial charge in [0.25, 0.3) is 0 Å². The third-order valence-electron chi connectivity index (χ3n) is 11.9. The Balaban J connectivity index is 1.17. The molecular formula is C29H44O8. The number of hydrogen-bond donors (Lipinski definition) is 4. The topological polar surface area (TPSA) is 126 Å². The predicted octanol–water partition coefficient (Wildman–Crippen LogP) is 2.46. The highest BCUT2D eigenvalue weighted by atomic mass is 16.7. The number of aliphatic hydroxyl groups is 4. The molecule has 4 aliphatic carbocycles. The van der Waals surface area contributed by atoms with Gasteiger partial charge in [-0.2, -0.15) is 0 Å². The van der Waals surface area contributed by atoms with Gasteiger partial charge >= 0.3 is 5.97 Å². The fourth-order valence-corrected chi connectivity index (χ4v) is 9.90. The van der Waals surface area contributed by atoms with Crippen molar-refractivity contribution >= 4 is 5.97 Å². The van der Waals surface area contributed by atoms with E-state index >= 15 is 0 Å². The number of esters is 1. The fourth-order valence-electron chi connectivity index (χ4n) is 9.90. The Morgan fingerprint density at radius 1 is 1.00 bits per heavy atom. The Hall–Kier alpha value is -1.03. The average molecular weight is 521 g/mol. The summed E-state index contributed by atoms with van der Waals surface area (Å²) >= 11 is 0. The van der Waals surface area contributed by atoms with Gasteiger partial charge in [-0.1, -0.05) is 13.8 Å². The van der Waals surface area contributed by atoms with Gasteiger partial charge in [-0.25, -0.2) is 4.79 Å². The van der Waals surface area contributed by atoms with E-state index < -0.39 is 41.7 Å². The van der Waals surface area contributed by atoms with Crippen LogP contribution in [0.15, 0.2) is 11.6 Å². The number of hydrogen-bond acceptors (Lipinski definition) is 8. The summed E-state index contributed by atoms with van der Waals surface area (Å²) in [5.74, 6) is 0.409. The minimum atomic E-state index is -0.961. The molecule has 8 heteroatoms. The molecule has 5 fully saturated rings. The van der Waals surface area contributed by atoms with E-state index in [1.165, 1.54) is 6.08 Å².